The molecule has 0 radical (unpaired) electrons. The number of nitrogens with one attached hydrogen (secondary N) is 1. The summed E-state index contributed by atoms with van der Waals surface area (Å²) in [5, 5.41) is 30.8. The zero-order valence-electron chi connectivity index (χ0n) is 25.5. The number of hydrogen-bond donors (Lipinski definition) is 4. The molecule has 226 valence electrons. The van der Waals surface area contributed by atoms with Gasteiger partial charge in [0.25, 0.3) is 0 Å². The number of aromatic amines is 1. The number of H-pyrrole nitrogens is 1. The summed E-state index contributed by atoms with van der Waals surface area (Å²) < 4.78 is 0. The van der Waals surface area contributed by atoms with Gasteiger partial charge in [0.1, 0.15) is 0 Å². The van der Waals surface area contributed by atoms with Crippen LogP contribution in [0.25, 0.3) is 17.9 Å². The van der Waals surface area contributed by atoms with E-state index in [1.165, 1.54) is 6.92 Å². The van der Waals surface area contributed by atoms with Gasteiger partial charge in [0.05, 0.1) is 45.3 Å². The van der Waals surface area contributed by atoms with Crippen LogP contribution in [0.2, 0.25) is 0 Å². The van der Waals surface area contributed by atoms with Crippen molar-refractivity contribution in [1.82, 2.24) is 4.98 Å². The van der Waals surface area contributed by atoms with E-state index in [9.17, 15) is 29.7 Å². The normalized spacial score (nSPS) is 18.4. The predicted octanol–water partition coefficient (Wildman–Crippen LogP) is 4.54. The highest BCUT2D eigenvalue weighted by Gasteiger charge is 2.28. The first-order chi connectivity index (χ1) is 20.8. The smallest absolute Gasteiger partial charge is 0.303 e. The van der Waals surface area contributed by atoms with Crippen LogP contribution in [0.5, 0.6) is 0 Å². The van der Waals surface area contributed by atoms with Crippen molar-refractivity contribution < 1.29 is 29.7 Å². The number of rotatable bonds is 7. The first-order valence-electron chi connectivity index (χ1n) is 14.3. The molecule has 8 bridgehead atoms. The van der Waals surface area contributed by atoms with Crippen molar-refractivity contribution >= 4 is 52.8 Å². The third kappa shape index (κ3) is 5.50. The fourth-order valence-electron chi connectivity index (χ4n) is 6.04. The summed E-state index contributed by atoms with van der Waals surface area (Å²) in [6.07, 6.45) is 7.49. The van der Waals surface area contributed by atoms with Gasteiger partial charge in [0.15, 0.2) is 5.78 Å². The molecule has 44 heavy (non-hydrogen) atoms. The van der Waals surface area contributed by atoms with Crippen molar-refractivity contribution in [3.05, 3.63) is 84.5 Å². The molecule has 0 amide bonds. The highest BCUT2D eigenvalue weighted by molar-refractivity contribution is 6.24. The zero-order valence-corrected chi connectivity index (χ0v) is 25.5. The first kappa shape index (κ1) is 30.3. The van der Waals surface area contributed by atoms with Gasteiger partial charge in [-0.2, -0.15) is 0 Å². The van der Waals surface area contributed by atoms with Gasteiger partial charge in [-0.3, -0.25) is 14.4 Å². The Morgan fingerprint density at radius 2 is 1.25 bits per heavy atom. The van der Waals surface area contributed by atoms with E-state index < -0.39 is 11.9 Å². The van der Waals surface area contributed by atoms with Crippen LogP contribution in [0, 0.1) is 6.92 Å². The molecule has 1 aromatic heterocycles. The summed E-state index contributed by atoms with van der Waals surface area (Å²) in [6, 6.07) is 0. The average Bonchev–Trinajstić information content (AvgIpc) is 3.59. The number of aliphatic carboxylic acids is 2. The quantitative estimate of drug-likeness (QED) is 0.362. The summed E-state index contributed by atoms with van der Waals surface area (Å²) in [4.78, 5) is 53.9. The third-order valence-electron chi connectivity index (χ3n) is 8.35. The van der Waals surface area contributed by atoms with E-state index in [1.54, 1.807) is 25.2 Å². The van der Waals surface area contributed by atoms with Crippen LogP contribution in [0.15, 0.2) is 77.7 Å². The summed E-state index contributed by atoms with van der Waals surface area (Å²) in [7, 11) is 0. The molecule has 0 spiro atoms. The number of carboxylic acids is 2. The molecule has 5 heterocycles. The minimum absolute atomic E-state index is 0.0940. The number of nitrogens with zero attached hydrogens (tertiary/aromatic N) is 3. The summed E-state index contributed by atoms with van der Waals surface area (Å²) >= 11 is 0. The molecule has 0 fully saturated rings. The molecule has 4 aliphatic heterocycles. The van der Waals surface area contributed by atoms with E-state index in [1.807, 2.05) is 33.8 Å². The number of aliphatic imine (C=N–C) groups is 3. The van der Waals surface area contributed by atoms with Crippen molar-refractivity contribution in [3.8, 4) is 0 Å². The lowest BCUT2D eigenvalue weighted by atomic mass is 9.96. The summed E-state index contributed by atoms with van der Waals surface area (Å²) in [5.74, 6) is -1.91. The fraction of sp³-hybridized carbons (Fsp3) is 0.294. The van der Waals surface area contributed by atoms with Crippen LogP contribution in [0.4, 0.5) is 0 Å². The molecule has 0 saturated carbocycles. The molecule has 0 atom stereocenters. The Hall–Kier alpha value is -5.12. The Morgan fingerprint density at radius 1 is 0.682 bits per heavy atom. The maximum absolute atomic E-state index is 12.8. The minimum Gasteiger partial charge on any atom is -0.512 e. The molecule has 0 saturated heterocycles. The predicted molar refractivity (Wildman–Crippen MR) is 170 cm³/mol. The van der Waals surface area contributed by atoms with E-state index in [0.717, 1.165) is 27.9 Å². The third-order valence-corrected chi connectivity index (χ3v) is 8.35. The second-order valence-electron chi connectivity index (χ2n) is 11.3. The van der Waals surface area contributed by atoms with Crippen LogP contribution in [0.3, 0.4) is 0 Å². The van der Waals surface area contributed by atoms with E-state index in [2.05, 4.69) is 4.98 Å². The molecule has 10 heteroatoms. The molecule has 5 rings (SSSR count). The molecule has 10 nitrogen and oxygen atoms in total. The van der Waals surface area contributed by atoms with Gasteiger partial charge in [-0.1, -0.05) is 0 Å². The van der Waals surface area contributed by atoms with E-state index in [4.69, 9.17) is 15.0 Å². The molecular weight excluding hydrogens is 560 g/mol. The van der Waals surface area contributed by atoms with Crippen molar-refractivity contribution in [2.24, 2.45) is 15.0 Å². The second-order valence-corrected chi connectivity index (χ2v) is 11.3. The fourth-order valence-corrected chi connectivity index (χ4v) is 6.04. The maximum atomic E-state index is 12.8. The summed E-state index contributed by atoms with van der Waals surface area (Å²) in [6.45, 7) is 10.6. The van der Waals surface area contributed by atoms with E-state index in [-0.39, 0.29) is 37.2 Å². The Bertz CT molecular complexity index is 1980. The zero-order chi connectivity index (χ0) is 32.0. The Kier molecular flexibility index (Phi) is 7.94. The molecule has 0 aromatic carbocycles. The number of carboxylic acid groups (broad SMARTS) is 2. The van der Waals surface area contributed by atoms with Crippen LogP contribution < -0.4 is 10.6 Å². The molecular formula is C34H34N4O6. The van der Waals surface area contributed by atoms with Crippen LogP contribution >= 0.6 is 0 Å². The lowest BCUT2D eigenvalue weighted by molar-refractivity contribution is -0.137. The van der Waals surface area contributed by atoms with Crippen LogP contribution in [-0.4, -0.2) is 55.2 Å². The number of fused-ring (bicyclic) bond motifs is 5. The maximum Gasteiger partial charge on any atom is 0.303 e. The Morgan fingerprint density at radius 3 is 1.86 bits per heavy atom. The molecule has 0 aliphatic carbocycles. The van der Waals surface area contributed by atoms with Crippen molar-refractivity contribution in [3.63, 3.8) is 0 Å². The van der Waals surface area contributed by atoms with Gasteiger partial charge in [-0.25, -0.2) is 15.0 Å². The van der Waals surface area contributed by atoms with Crippen LogP contribution in [0.1, 0.15) is 71.6 Å². The van der Waals surface area contributed by atoms with Gasteiger partial charge in [-0.15, -0.1) is 0 Å². The topological polar surface area (TPSA) is 165 Å². The SMILES string of the molecule is CC(=O)C1=C(C)C2=NC1=Cc1[nH]c(c(=C(C)O)c1C)=CC1=NC(=CC3=NC(=C2)C(C)=C3CCC(=O)O)C(CCC(=O)O)=C1C. The number of ketones is 1. The number of carbonyl (C=O) groups excluding carboxylic acids is 1. The average molecular weight is 595 g/mol. The van der Waals surface area contributed by atoms with E-state index in [0.29, 0.717) is 61.6 Å². The van der Waals surface area contributed by atoms with Gasteiger partial charge < -0.3 is 20.3 Å². The molecule has 0 unspecified atom stereocenters. The highest BCUT2D eigenvalue weighted by Crippen LogP contribution is 2.36. The second kappa shape index (κ2) is 11.5. The summed E-state index contributed by atoms with van der Waals surface area (Å²) in [5.41, 5.74) is 9.03. The van der Waals surface area contributed by atoms with Crippen LogP contribution in [-0.2, 0) is 14.4 Å². The van der Waals surface area contributed by atoms with Gasteiger partial charge in [-0.05, 0) is 112 Å². The largest absolute Gasteiger partial charge is 0.512 e. The lowest BCUT2D eigenvalue weighted by Crippen LogP contribution is -2.27. The number of hydrogen-bond acceptors (Lipinski definition) is 7. The van der Waals surface area contributed by atoms with E-state index >= 15 is 0 Å². The number of Topliss-reactive ketones (excluding diaryl/α,β-unsaturated/α-hetero) is 1. The number of carbonyl (C=O) groups is 3. The molecule has 4 aliphatic rings. The minimum atomic E-state index is -0.936. The number of aliphatic hydroxyl groups is 1. The Balaban J connectivity index is 1.86. The monoisotopic (exact) mass is 594 g/mol. The van der Waals surface area contributed by atoms with Crippen molar-refractivity contribution in [2.75, 3.05) is 0 Å². The molecule has 1 aromatic rings. The lowest BCUT2D eigenvalue weighted by Gasteiger charge is -2.07. The number of aromatic nitrogens is 1. The number of aliphatic hydroxyl groups excluding tert-OH is 1. The van der Waals surface area contributed by atoms with Crippen molar-refractivity contribution in [1.29, 1.82) is 0 Å². The number of allylic oxidation sites excluding steroid dienone is 8. The van der Waals surface area contributed by atoms with Crippen molar-refractivity contribution in [2.45, 2.75) is 67.2 Å². The molecule has 4 N–H and O–H groups in total. The Labute approximate surface area is 254 Å². The van der Waals surface area contributed by atoms with Gasteiger partial charge in [0.2, 0.25) is 0 Å². The standard InChI is InChI=1S/C34H34N4O6/c1-15-21(7-9-31(41)42)27-14-28-22(8-10-32(43)44)16(2)24(36-28)12-29-34(20(6)40)18(4)26(38-29)13-30-33(19(5)39)17(3)25(37-30)11-23(15)35-27/h11-14,38,40H,7-10H2,1-6H3,(H,41,42)(H,43,44). The van der Waals surface area contributed by atoms with Gasteiger partial charge >= 0.3 is 11.9 Å². The first-order valence-corrected chi connectivity index (χ1v) is 14.3. The highest BCUT2D eigenvalue weighted by atomic mass is 16.4. The van der Waals surface area contributed by atoms with Gasteiger partial charge in [0, 0.05) is 29.3 Å².